The smallest absolute Gasteiger partial charge is 0.216 e. The van der Waals surface area contributed by atoms with Crippen LogP contribution >= 0.6 is 11.3 Å². The minimum atomic E-state index is 0.0373. The SMILES string of the molecule is CC(=O)NCC1CCN(CC(=O)c2cccs2)CC1. The van der Waals surface area contributed by atoms with E-state index in [1.807, 2.05) is 17.5 Å². The quantitative estimate of drug-likeness (QED) is 0.836. The maximum atomic E-state index is 12.0. The Bertz CT molecular complexity index is 423. The highest BCUT2D eigenvalue weighted by Gasteiger charge is 2.21. The van der Waals surface area contributed by atoms with Crippen LogP contribution in [-0.4, -0.2) is 42.8 Å². The van der Waals surface area contributed by atoms with Crippen molar-refractivity contribution in [3.05, 3.63) is 22.4 Å². The molecule has 0 bridgehead atoms. The minimum Gasteiger partial charge on any atom is -0.356 e. The van der Waals surface area contributed by atoms with Gasteiger partial charge in [-0.3, -0.25) is 14.5 Å². The van der Waals surface area contributed by atoms with Crippen LogP contribution in [0.2, 0.25) is 0 Å². The molecule has 0 radical (unpaired) electrons. The van der Waals surface area contributed by atoms with Crippen LogP contribution in [0.4, 0.5) is 0 Å². The minimum absolute atomic E-state index is 0.0373. The maximum absolute atomic E-state index is 12.0. The molecule has 5 heteroatoms. The Morgan fingerprint density at radius 2 is 2.16 bits per heavy atom. The van der Waals surface area contributed by atoms with Gasteiger partial charge in [0.25, 0.3) is 0 Å². The van der Waals surface area contributed by atoms with Gasteiger partial charge in [-0.1, -0.05) is 6.07 Å². The van der Waals surface area contributed by atoms with Crippen LogP contribution in [-0.2, 0) is 4.79 Å². The molecule has 0 unspecified atom stereocenters. The Morgan fingerprint density at radius 1 is 1.42 bits per heavy atom. The van der Waals surface area contributed by atoms with E-state index in [0.717, 1.165) is 37.4 Å². The van der Waals surface area contributed by atoms with E-state index in [4.69, 9.17) is 0 Å². The Balaban J connectivity index is 1.71. The molecule has 1 fully saturated rings. The van der Waals surface area contributed by atoms with Crippen molar-refractivity contribution in [1.29, 1.82) is 0 Å². The Morgan fingerprint density at radius 3 is 2.74 bits per heavy atom. The van der Waals surface area contributed by atoms with Gasteiger partial charge in [0.2, 0.25) is 5.91 Å². The molecule has 0 aromatic carbocycles. The molecular formula is C14H20N2O2S. The van der Waals surface area contributed by atoms with E-state index in [0.29, 0.717) is 12.5 Å². The number of amides is 1. The molecule has 1 aliphatic heterocycles. The maximum Gasteiger partial charge on any atom is 0.216 e. The lowest BCUT2D eigenvalue weighted by Crippen LogP contribution is -2.40. The average molecular weight is 280 g/mol. The predicted molar refractivity (Wildman–Crippen MR) is 76.5 cm³/mol. The van der Waals surface area contributed by atoms with Crippen molar-refractivity contribution in [3.8, 4) is 0 Å². The van der Waals surface area contributed by atoms with Gasteiger partial charge < -0.3 is 5.32 Å². The number of piperidine rings is 1. The Hall–Kier alpha value is -1.20. The van der Waals surface area contributed by atoms with Gasteiger partial charge in [0.05, 0.1) is 11.4 Å². The molecule has 1 amide bonds. The number of ketones is 1. The summed E-state index contributed by atoms with van der Waals surface area (Å²) in [4.78, 5) is 25.9. The van der Waals surface area contributed by atoms with Crippen LogP contribution in [0.15, 0.2) is 17.5 Å². The summed E-state index contributed by atoms with van der Waals surface area (Å²) >= 11 is 1.51. The second kappa shape index (κ2) is 6.82. The lowest BCUT2D eigenvalue weighted by molar-refractivity contribution is -0.119. The first-order valence-corrected chi connectivity index (χ1v) is 7.56. The molecule has 1 N–H and O–H groups in total. The van der Waals surface area contributed by atoms with E-state index in [9.17, 15) is 9.59 Å². The first-order chi connectivity index (χ1) is 9.15. The van der Waals surface area contributed by atoms with Crippen molar-refractivity contribution in [2.45, 2.75) is 19.8 Å². The molecule has 2 rings (SSSR count). The highest BCUT2D eigenvalue weighted by molar-refractivity contribution is 7.12. The largest absolute Gasteiger partial charge is 0.356 e. The molecule has 19 heavy (non-hydrogen) atoms. The van der Waals surface area contributed by atoms with Gasteiger partial charge in [0.1, 0.15) is 0 Å². The summed E-state index contributed by atoms with van der Waals surface area (Å²) in [7, 11) is 0. The zero-order chi connectivity index (χ0) is 13.7. The number of rotatable bonds is 5. The number of likely N-dealkylation sites (tertiary alicyclic amines) is 1. The number of carbonyl (C=O) groups excluding carboxylic acids is 2. The summed E-state index contributed by atoms with van der Waals surface area (Å²) in [6, 6.07) is 3.80. The zero-order valence-electron chi connectivity index (χ0n) is 11.2. The van der Waals surface area contributed by atoms with Gasteiger partial charge >= 0.3 is 0 Å². The summed E-state index contributed by atoms with van der Waals surface area (Å²) < 4.78 is 0. The summed E-state index contributed by atoms with van der Waals surface area (Å²) in [5.74, 6) is 0.808. The molecule has 1 aliphatic rings. The molecule has 104 valence electrons. The fourth-order valence-electron chi connectivity index (χ4n) is 2.35. The standard InChI is InChI=1S/C14H20N2O2S/c1-11(17)15-9-12-4-6-16(7-5-12)10-13(18)14-3-2-8-19-14/h2-3,8,12H,4-7,9-10H2,1H3,(H,15,17). The van der Waals surface area contributed by atoms with Gasteiger partial charge in [-0.05, 0) is 43.3 Å². The third-order valence-electron chi connectivity index (χ3n) is 3.51. The molecule has 4 nitrogen and oxygen atoms in total. The second-order valence-electron chi connectivity index (χ2n) is 5.06. The third-order valence-corrected chi connectivity index (χ3v) is 4.42. The second-order valence-corrected chi connectivity index (χ2v) is 6.00. The molecule has 0 aliphatic carbocycles. The molecule has 0 saturated carbocycles. The highest BCUT2D eigenvalue weighted by atomic mass is 32.1. The molecule has 2 heterocycles. The first-order valence-electron chi connectivity index (χ1n) is 6.68. The van der Waals surface area contributed by atoms with Crippen molar-refractivity contribution >= 4 is 23.0 Å². The Labute approximate surface area is 117 Å². The van der Waals surface area contributed by atoms with Crippen molar-refractivity contribution in [3.63, 3.8) is 0 Å². The monoisotopic (exact) mass is 280 g/mol. The fourth-order valence-corrected chi connectivity index (χ4v) is 3.01. The van der Waals surface area contributed by atoms with Gasteiger partial charge in [-0.2, -0.15) is 0 Å². The van der Waals surface area contributed by atoms with Crippen molar-refractivity contribution in [1.82, 2.24) is 10.2 Å². The van der Waals surface area contributed by atoms with E-state index in [-0.39, 0.29) is 11.7 Å². The van der Waals surface area contributed by atoms with Crippen molar-refractivity contribution in [2.75, 3.05) is 26.2 Å². The normalized spacial score (nSPS) is 17.3. The highest BCUT2D eigenvalue weighted by Crippen LogP contribution is 2.17. The molecule has 1 aromatic heterocycles. The van der Waals surface area contributed by atoms with Crippen LogP contribution in [0.5, 0.6) is 0 Å². The summed E-state index contributed by atoms with van der Waals surface area (Å²) in [5, 5.41) is 4.81. The topological polar surface area (TPSA) is 49.4 Å². The van der Waals surface area contributed by atoms with Crippen molar-refractivity contribution in [2.24, 2.45) is 5.92 Å². The number of hydrogen-bond acceptors (Lipinski definition) is 4. The lowest BCUT2D eigenvalue weighted by atomic mass is 9.96. The first kappa shape index (κ1) is 14.2. The van der Waals surface area contributed by atoms with Gasteiger partial charge in [-0.25, -0.2) is 0 Å². The number of hydrogen-bond donors (Lipinski definition) is 1. The van der Waals surface area contributed by atoms with Gasteiger partial charge in [0, 0.05) is 13.5 Å². The van der Waals surface area contributed by atoms with E-state index in [1.165, 1.54) is 11.3 Å². The average Bonchev–Trinajstić information content (AvgIpc) is 2.92. The lowest BCUT2D eigenvalue weighted by Gasteiger charge is -2.31. The predicted octanol–water partition coefficient (Wildman–Crippen LogP) is 1.78. The van der Waals surface area contributed by atoms with E-state index >= 15 is 0 Å². The Kier molecular flexibility index (Phi) is 5.10. The van der Waals surface area contributed by atoms with Gasteiger partial charge in [-0.15, -0.1) is 11.3 Å². The summed E-state index contributed by atoms with van der Waals surface area (Å²) in [5.41, 5.74) is 0. The summed E-state index contributed by atoms with van der Waals surface area (Å²) in [6.45, 7) is 4.73. The molecular weight excluding hydrogens is 260 g/mol. The number of carbonyl (C=O) groups is 2. The third kappa shape index (κ3) is 4.44. The van der Waals surface area contributed by atoms with Gasteiger partial charge in [0.15, 0.2) is 5.78 Å². The molecule has 0 atom stereocenters. The van der Waals surface area contributed by atoms with Crippen LogP contribution in [0, 0.1) is 5.92 Å². The molecule has 0 spiro atoms. The van der Waals surface area contributed by atoms with Crippen LogP contribution in [0.3, 0.4) is 0 Å². The number of nitrogens with zero attached hydrogens (tertiary/aromatic N) is 1. The van der Waals surface area contributed by atoms with E-state index in [2.05, 4.69) is 10.2 Å². The molecule has 1 saturated heterocycles. The number of nitrogens with one attached hydrogen (secondary N) is 1. The summed E-state index contributed by atoms with van der Waals surface area (Å²) in [6.07, 6.45) is 2.11. The van der Waals surface area contributed by atoms with E-state index < -0.39 is 0 Å². The fraction of sp³-hybridized carbons (Fsp3) is 0.571. The van der Waals surface area contributed by atoms with Crippen LogP contribution < -0.4 is 5.32 Å². The molecule has 1 aromatic rings. The van der Waals surface area contributed by atoms with Crippen LogP contribution in [0.1, 0.15) is 29.4 Å². The number of thiophene rings is 1. The zero-order valence-corrected chi connectivity index (χ0v) is 12.0. The van der Waals surface area contributed by atoms with Crippen LogP contribution in [0.25, 0.3) is 0 Å². The van der Waals surface area contributed by atoms with E-state index in [1.54, 1.807) is 6.92 Å². The van der Waals surface area contributed by atoms with Crippen molar-refractivity contribution < 1.29 is 9.59 Å². The number of Topliss-reactive ketones (excluding diaryl/α,β-unsaturated/α-hetero) is 1.